The lowest BCUT2D eigenvalue weighted by atomic mass is 9.96. The summed E-state index contributed by atoms with van der Waals surface area (Å²) in [5.74, 6) is -1.20. The van der Waals surface area contributed by atoms with E-state index >= 15 is 0 Å². The number of rotatable bonds is 4. The average molecular weight is 300 g/mol. The Morgan fingerprint density at radius 2 is 2.10 bits per heavy atom. The van der Waals surface area contributed by atoms with Crippen molar-refractivity contribution < 1.29 is 13.2 Å². The van der Waals surface area contributed by atoms with Gasteiger partial charge in [-0.15, -0.1) is 0 Å². The van der Waals surface area contributed by atoms with Gasteiger partial charge in [-0.05, 0) is 49.6 Å². The number of piperidine rings is 1. The monoisotopic (exact) mass is 300 g/mol. The van der Waals surface area contributed by atoms with Gasteiger partial charge in [-0.25, -0.2) is 0 Å². The normalized spacial score (nSPS) is 19.9. The molecule has 2 rings (SSSR count). The molecule has 1 aromatic carbocycles. The molecule has 0 spiro atoms. The van der Waals surface area contributed by atoms with Crippen LogP contribution in [-0.4, -0.2) is 25.8 Å². The summed E-state index contributed by atoms with van der Waals surface area (Å²) in [6.07, 6.45) is -3.24. The van der Waals surface area contributed by atoms with Crippen molar-refractivity contribution >= 4 is 5.69 Å². The molecular weight excluding hydrogens is 277 g/mol. The Morgan fingerprint density at radius 3 is 2.71 bits per heavy atom. The highest BCUT2D eigenvalue weighted by atomic mass is 19.4. The first-order chi connectivity index (χ1) is 9.91. The fraction of sp³-hybridized carbons (Fsp3) is 0.625. The molecule has 0 bridgehead atoms. The first-order valence-electron chi connectivity index (χ1n) is 7.53. The second-order valence-electron chi connectivity index (χ2n) is 5.72. The molecule has 0 aromatic heterocycles. The van der Waals surface area contributed by atoms with Crippen LogP contribution < -0.4 is 10.2 Å². The van der Waals surface area contributed by atoms with Gasteiger partial charge in [-0.1, -0.05) is 13.0 Å². The number of nitrogens with zero attached hydrogens (tertiary/aromatic N) is 1. The van der Waals surface area contributed by atoms with Crippen molar-refractivity contribution in [1.82, 2.24) is 5.32 Å². The van der Waals surface area contributed by atoms with Crippen LogP contribution >= 0.6 is 0 Å². The number of nitrogens with one attached hydrogen (secondary N) is 1. The summed E-state index contributed by atoms with van der Waals surface area (Å²) in [6, 6.07) is 5.97. The van der Waals surface area contributed by atoms with E-state index < -0.39 is 12.1 Å². The standard InChI is InChI=1S/C16H23F3N2/c1-3-20-10-13-6-7-15(9-12(13)2)21-8-4-5-14(11-21)16(17,18)19/h6-7,9,14,20H,3-5,8,10-11H2,1-2H3. The van der Waals surface area contributed by atoms with Crippen molar-refractivity contribution in [2.24, 2.45) is 5.92 Å². The molecule has 5 heteroatoms. The first kappa shape index (κ1) is 16.1. The third-order valence-electron chi connectivity index (χ3n) is 4.14. The molecule has 1 saturated heterocycles. The first-order valence-corrected chi connectivity index (χ1v) is 7.53. The van der Waals surface area contributed by atoms with Crippen LogP contribution in [0.15, 0.2) is 18.2 Å². The van der Waals surface area contributed by atoms with E-state index in [9.17, 15) is 13.2 Å². The maximum Gasteiger partial charge on any atom is 0.393 e. The number of alkyl halides is 3. The predicted molar refractivity (Wildman–Crippen MR) is 79.6 cm³/mol. The Bertz CT molecular complexity index is 471. The maximum absolute atomic E-state index is 12.9. The zero-order chi connectivity index (χ0) is 15.5. The van der Waals surface area contributed by atoms with E-state index in [4.69, 9.17) is 0 Å². The number of hydrogen-bond donors (Lipinski definition) is 1. The van der Waals surface area contributed by atoms with Gasteiger partial charge in [0.2, 0.25) is 0 Å². The summed E-state index contributed by atoms with van der Waals surface area (Å²) in [7, 11) is 0. The molecule has 1 fully saturated rings. The van der Waals surface area contributed by atoms with Gasteiger partial charge < -0.3 is 10.2 Å². The number of aryl methyl sites for hydroxylation is 1. The molecule has 1 unspecified atom stereocenters. The van der Waals surface area contributed by atoms with Crippen molar-refractivity contribution in [3.8, 4) is 0 Å². The molecule has 1 aliphatic heterocycles. The Balaban J connectivity index is 2.09. The molecule has 0 radical (unpaired) electrons. The second kappa shape index (κ2) is 6.69. The van der Waals surface area contributed by atoms with Crippen LogP contribution in [0.5, 0.6) is 0 Å². The summed E-state index contributed by atoms with van der Waals surface area (Å²) in [5.41, 5.74) is 3.23. The van der Waals surface area contributed by atoms with E-state index in [1.165, 1.54) is 5.56 Å². The molecule has 1 aliphatic rings. The molecule has 0 amide bonds. The molecule has 0 aliphatic carbocycles. The fourth-order valence-corrected chi connectivity index (χ4v) is 2.81. The molecule has 21 heavy (non-hydrogen) atoms. The van der Waals surface area contributed by atoms with E-state index in [1.54, 1.807) is 0 Å². The van der Waals surface area contributed by atoms with Gasteiger partial charge in [0.1, 0.15) is 0 Å². The number of anilines is 1. The van der Waals surface area contributed by atoms with Crippen LogP contribution in [0.2, 0.25) is 0 Å². The van der Waals surface area contributed by atoms with Gasteiger partial charge in [0.05, 0.1) is 5.92 Å². The zero-order valence-corrected chi connectivity index (χ0v) is 12.6. The van der Waals surface area contributed by atoms with E-state index in [2.05, 4.69) is 12.2 Å². The van der Waals surface area contributed by atoms with Crippen molar-refractivity contribution in [2.75, 3.05) is 24.5 Å². The zero-order valence-electron chi connectivity index (χ0n) is 12.6. The molecule has 1 heterocycles. The Morgan fingerprint density at radius 1 is 1.33 bits per heavy atom. The van der Waals surface area contributed by atoms with Crippen molar-refractivity contribution in [3.63, 3.8) is 0 Å². The van der Waals surface area contributed by atoms with E-state index in [0.717, 1.165) is 24.3 Å². The molecular formula is C16H23F3N2. The summed E-state index contributed by atoms with van der Waals surface area (Å²) in [4.78, 5) is 1.87. The molecule has 2 nitrogen and oxygen atoms in total. The maximum atomic E-state index is 12.9. The third-order valence-corrected chi connectivity index (χ3v) is 4.14. The number of halogens is 3. The van der Waals surface area contributed by atoms with Gasteiger partial charge in [0, 0.05) is 25.3 Å². The minimum atomic E-state index is -4.08. The predicted octanol–water partition coefficient (Wildman–Crippen LogP) is 3.88. The molecule has 0 saturated carbocycles. The third kappa shape index (κ3) is 4.13. The smallest absolute Gasteiger partial charge is 0.371 e. The molecule has 1 N–H and O–H groups in total. The quantitative estimate of drug-likeness (QED) is 0.907. The Labute approximate surface area is 124 Å². The van der Waals surface area contributed by atoms with Gasteiger partial charge >= 0.3 is 6.18 Å². The van der Waals surface area contributed by atoms with E-state index in [-0.39, 0.29) is 13.0 Å². The fourth-order valence-electron chi connectivity index (χ4n) is 2.81. The number of hydrogen-bond acceptors (Lipinski definition) is 2. The lowest BCUT2D eigenvalue weighted by Gasteiger charge is -2.35. The van der Waals surface area contributed by atoms with Gasteiger partial charge in [0.25, 0.3) is 0 Å². The van der Waals surface area contributed by atoms with Crippen LogP contribution in [0.4, 0.5) is 18.9 Å². The lowest BCUT2D eigenvalue weighted by Crippen LogP contribution is -2.41. The van der Waals surface area contributed by atoms with Crippen LogP contribution in [0, 0.1) is 12.8 Å². The van der Waals surface area contributed by atoms with Gasteiger partial charge in [-0.3, -0.25) is 0 Å². The van der Waals surface area contributed by atoms with Crippen molar-refractivity contribution in [1.29, 1.82) is 0 Å². The van der Waals surface area contributed by atoms with Crippen molar-refractivity contribution in [3.05, 3.63) is 29.3 Å². The van der Waals surface area contributed by atoms with E-state index in [0.29, 0.717) is 13.0 Å². The average Bonchev–Trinajstić information content (AvgIpc) is 2.45. The summed E-state index contributed by atoms with van der Waals surface area (Å²) in [5, 5.41) is 3.27. The molecule has 1 atom stereocenters. The highest BCUT2D eigenvalue weighted by Crippen LogP contribution is 2.35. The van der Waals surface area contributed by atoms with Crippen LogP contribution in [0.3, 0.4) is 0 Å². The van der Waals surface area contributed by atoms with E-state index in [1.807, 2.05) is 30.0 Å². The summed E-state index contributed by atoms with van der Waals surface area (Å²) < 4.78 is 38.6. The van der Waals surface area contributed by atoms with Crippen LogP contribution in [-0.2, 0) is 6.54 Å². The Kier molecular flexibility index (Phi) is 5.14. The second-order valence-corrected chi connectivity index (χ2v) is 5.72. The van der Waals surface area contributed by atoms with Crippen molar-refractivity contribution in [2.45, 2.75) is 39.4 Å². The van der Waals surface area contributed by atoms with Gasteiger partial charge in [0.15, 0.2) is 0 Å². The van der Waals surface area contributed by atoms with Crippen LogP contribution in [0.25, 0.3) is 0 Å². The Hall–Kier alpha value is -1.23. The van der Waals surface area contributed by atoms with Crippen LogP contribution in [0.1, 0.15) is 30.9 Å². The molecule has 118 valence electrons. The lowest BCUT2D eigenvalue weighted by molar-refractivity contribution is -0.175. The summed E-state index contributed by atoms with van der Waals surface area (Å²) in [6.45, 7) is 6.55. The number of benzene rings is 1. The minimum absolute atomic E-state index is 0.0789. The molecule has 1 aromatic rings. The van der Waals surface area contributed by atoms with Gasteiger partial charge in [-0.2, -0.15) is 13.2 Å². The SMILES string of the molecule is CCNCc1ccc(N2CCCC(C(F)(F)F)C2)cc1C. The highest BCUT2D eigenvalue weighted by Gasteiger charge is 2.41. The minimum Gasteiger partial charge on any atom is -0.371 e. The topological polar surface area (TPSA) is 15.3 Å². The highest BCUT2D eigenvalue weighted by molar-refractivity contribution is 5.51. The largest absolute Gasteiger partial charge is 0.393 e. The summed E-state index contributed by atoms with van der Waals surface area (Å²) >= 11 is 0.